The molecule has 3 rings (SSSR count). The van der Waals surface area contributed by atoms with Gasteiger partial charge >= 0.3 is 0 Å². The number of sulfonamides is 1. The van der Waals surface area contributed by atoms with E-state index in [1.807, 2.05) is 27.7 Å². The highest BCUT2D eigenvalue weighted by molar-refractivity contribution is 7.92. The fourth-order valence-corrected chi connectivity index (χ4v) is 6.29. The van der Waals surface area contributed by atoms with Crippen LogP contribution in [0, 0.1) is 6.92 Å². The minimum atomic E-state index is -4.24. The molecular formula is C31H37Cl2N3O5S. The number of methoxy groups -OCH3 is 1. The molecule has 0 aliphatic heterocycles. The van der Waals surface area contributed by atoms with E-state index in [2.05, 4.69) is 5.32 Å². The van der Waals surface area contributed by atoms with Gasteiger partial charge in [-0.3, -0.25) is 13.9 Å². The molecule has 1 atom stereocenters. The smallest absolute Gasteiger partial charge is 0.264 e. The van der Waals surface area contributed by atoms with Gasteiger partial charge < -0.3 is 15.0 Å². The van der Waals surface area contributed by atoms with Crippen LogP contribution in [0.2, 0.25) is 10.0 Å². The first-order valence-electron chi connectivity index (χ1n) is 13.5. The Hall–Kier alpha value is -3.27. The Morgan fingerprint density at radius 3 is 2.21 bits per heavy atom. The largest absolute Gasteiger partial charge is 0.495 e. The van der Waals surface area contributed by atoms with Crippen LogP contribution >= 0.6 is 23.2 Å². The molecule has 3 aromatic carbocycles. The Morgan fingerprint density at radius 2 is 1.64 bits per heavy atom. The van der Waals surface area contributed by atoms with E-state index in [4.69, 9.17) is 27.9 Å². The van der Waals surface area contributed by atoms with Crippen molar-refractivity contribution in [1.82, 2.24) is 10.2 Å². The molecule has 1 N–H and O–H groups in total. The predicted octanol–water partition coefficient (Wildman–Crippen LogP) is 6.23. The number of aryl methyl sites for hydroxylation is 1. The average Bonchev–Trinajstić information content (AvgIpc) is 2.91. The van der Waals surface area contributed by atoms with Gasteiger partial charge in [0, 0.05) is 22.1 Å². The number of carbonyl (C=O) groups is 2. The molecule has 226 valence electrons. The van der Waals surface area contributed by atoms with Crippen LogP contribution in [0.5, 0.6) is 5.75 Å². The third-order valence-corrected chi connectivity index (χ3v) is 8.84. The van der Waals surface area contributed by atoms with Crippen molar-refractivity contribution in [1.29, 1.82) is 0 Å². The molecule has 8 nitrogen and oxygen atoms in total. The number of benzene rings is 3. The van der Waals surface area contributed by atoms with Crippen LogP contribution in [0.4, 0.5) is 5.69 Å². The topological polar surface area (TPSA) is 96.0 Å². The summed E-state index contributed by atoms with van der Waals surface area (Å²) >= 11 is 12.6. The maximum absolute atomic E-state index is 14.2. The van der Waals surface area contributed by atoms with Gasteiger partial charge in [0.15, 0.2) is 0 Å². The highest BCUT2D eigenvalue weighted by atomic mass is 35.5. The zero-order valence-electron chi connectivity index (χ0n) is 24.6. The normalized spacial score (nSPS) is 12.4. The quantitative estimate of drug-likeness (QED) is 0.270. The maximum atomic E-state index is 14.2. The highest BCUT2D eigenvalue weighted by Crippen LogP contribution is 2.33. The predicted molar refractivity (Wildman–Crippen MR) is 168 cm³/mol. The lowest BCUT2D eigenvalue weighted by Crippen LogP contribution is -2.55. The Kier molecular flexibility index (Phi) is 10.9. The molecule has 0 radical (unpaired) electrons. The van der Waals surface area contributed by atoms with Crippen molar-refractivity contribution in [2.75, 3.05) is 18.0 Å². The van der Waals surface area contributed by atoms with Crippen molar-refractivity contribution < 1.29 is 22.7 Å². The average molecular weight is 635 g/mol. The van der Waals surface area contributed by atoms with Crippen LogP contribution in [-0.4, -0.2) is 50.4 Å². The van der Waals surface area contributed by atoms with Crippen molar-refractivity contribution in [3.8, 4) is 5.75 Å². The number of hydrogen-bond donors (Lipinski definition) is 1. The van der Waals surface area contributed by atoms with Crippen LogP contribution in [-0.2, 0) is 26.2 Å². The third-order valence-electron chi connectivity index (χ3n) is 6.48. The summed E-state index contributed by atoms with van der Waals surface area (Å²) in [4.78, 5) is 29.1. The molecule has 0 aliphatic rings. The molecule has 0 spiro atoms. The van der Waals surface area contributed by atoms with E-state index >= 15 is 0 Å². The third kappa shape index (κ3) is 8.18. The molecule has 11 heteroatoms. The van der Waals surface area contributed by atoms with Crippen LogP contribution < -0.4 is 14.4 Å². The molecule has 0 bridgehead atoms. The van der Waals surface area contributed by atoms with E-state index in [-0.39, 0.29) is 35.2 Å². The summed E-state index contributed by atoms with van der Waals surface area (Å²) < 4.78 is 34.6. The first-order chi connectivity index (χ1) is 19.7. The van der Waals surface area contributed by atoms with Crippen LogP contribution in [0.1, 0.15) is 45.2 Å². The number of carbonyl (C=O) groups excluding carboxylic acids is 2. The summed E-state index contributed by atoms with van der Waals surface area (Å²) in [7, 11) is -2.81. The fraction of sp³-hybridized carbons (Fsp3) is 0.355. The first kappa shape index (κ1) is 33.2. The summed E-state index contributed by atoms with van der Waals surface area (Å²) in [6.45, 7) is 8.53. The van der Waals surface area contributed by atoms with Gasteiger partial charge in [-0.15, -0.1) is 0 Å². The standard InChI is InChI=1S/C31H37Cl2N3O5S/c1-7-26(30(38)34-31(3,4)5)35(19-22-14-15-23(32)18-25(22)33)29(37)20-36(27-10-8-9-11-28(27)41-6)42(39,40)24-16-12-21(2)13-17-24/h8-18,26H,7,19-20H2,1-6H3,(H,34,38)/t26-/m0/s1. The van der Waals surface area contributed by atoms with Gasteiger partial charge in [0.05, 0.1) is 17.7 Å². The van der Waals surface area contributed by atoms with E-state index in [1.54, 1.807) is 61.5 Å². The Labute approximate surface area is 258 Å². The molecule has 42 heavy (non-hydrogen) atoms. The fourth-order valence-electron chi connectivity index (χ4n) is 4.39. The number of anilines is 1. The van der Waals surface area contributed by atoms with Crippen molar-refractivity contribution in [3.05, 3.63) is 87.9 Å². The van der Waals surface area contributed by atoms with Gasteiger partial charge in [0.2, 0.25) is 11.8 Å². The number of hydrogen-bond acceptors (Lipinski definition) is 5. The van der Waals surface area contributed by atoms with Gasteiger partial charge in [0.1, 0.15) is 18.3 Å². The molecular weight excluding hydrogens is 597 g/mol. The molecule has 0 aromatic heterocycles. The van der Waals surface area contributed by atoms with E-state index in [0.29, 0.717) is 15.6 Å². The lowest BCUT2D eigenvalue weighted by Gasteiger charge is -2.35. The molecule has 2 amide bonds. The monoisotopic (exact) mass is 633 g/mol. The molecule has 3 aromatic rings. The Bertz CT molecular complexity index is 1520. The number of halogens is 2. The number of amides is 2. The van der Waals surface area contributed by atoms with Crippen molar-refractivity contribution >= 4 is 50.7 Å². The van der Waals surface area contributed by atoms with Crippen molar-refractivity contribution in [3.63, 3.8) is 0 Å². The molecule has 0 heterocycles. The van der Waals surface area contributed by atoms with Gasteiger partial charge in [-0.1, -0.05) is 66.0 Å². The second-order valence-electron chi connectivity index (χ2n) is 10.9. The summed E-state index contributed by atoms with van der Waals surface area (Å²) in [5.74, 6) is -0.696. The van der Waals surface area contributed by atoms with Crippen LogP contribution in [0.3, 0.4) is 0 Å². The van der Waals surface area contributed by atoms with Gasteiger partial charge in [-0.05, 0) is 76.1 Å². The minimum Gasteiger partial charge on any atom is -0.495 e. The Balaban J connectivity index is 2.13. The summed E-state index contributed by atoms with van der Waals surface area (Å²) in [5.41, 5.74) is 1.07. The zero-order valence-corrected chi connectivity index (χ0v) is 27.0. The Morgan fingerprint density at radius 1 is 1.00 bits per heavy atom. The SMILES string of the molecule is CC[C@@H](C(=O)NC(C)(C)C)N(Cc1ccc(Cl)cc1Cl)C(=O)CN(c1ccccc1OC)S(=O)(=O)c1ccc(C)cc1. The molecule has 0 unspecified atom stereocenters. The number of nitrogens with one attached hydrogen (secondary N) is 1. The number of para-hydroxylation sites is 2. The minimum absolute atomic E-state index is 0.0108. The second kappa shape index (κ2) is 13.8. The van der Waals surface area contributed by atoms with Crippen LogP contribution in [0.15, 0.2) is 71.6 Å². The number of ether oxygens (including phenoxy) is 1. The van der Waals surface area contributed by atoms with Gasteiger partial charge in [-0.2, -0.15) is 0 Å². The number of rotatable bonds is 11. The lowest BCUT2D eigenvalue weighted by atomic mass is 10.1. The highest BCUT2D eigenvalue weighted by Gasteiger charge is 2.35. The van der Waals surface area contributed by atoms with Crippen molar-refractivity contribution in [2.45, 2.75) is 64.1 Å². The zero-order chi connectivity index (χ0) is 31.2. The van der Waals surface area contributed by atoms with E-state index in [1.165, 1.54) is 24.1 Å². The molecule has 0 saturated heterocycles. The van der Waals surface area contributed by atoms with E-state index in [0.717, 1.165) is 9.87 Å². The molecule has 0 saturated carbocycles. The second-order valence-corrected chi connectivity index (χ2v) is 13.6. The first-order valence-corrected chi connectivity index (χ1v) is 15.7. The van der Waals surface area contributed by atoms with Crippen molar-refractivity contribution in [2.24, 2.45) is 0 Å². The lowest BCUT2D eigenvalue weighted by molar-refractivity contribution is -0.141. The molecule has 0 fully saturated rings. The number of nitrogens with zero attached hydrogens (tertiary/aromatic N) is 2. The van der Waals surface area contributed by atoms with E-state index in [9.17, 15) is 18.0 Å². The van der Waals surface area contributed by atoms with Gasteiger partial charge in [0.25, 0.3) is 10.0 Å². The van der Waals surface area contributed by atoms with Gasteiger partial charge in [-0.25, -0.2) is 8.42 Å². The summed E-state index contributed by atoms with van der Waals surface area (Å²) in [5, 5.41) is 3.68. The molecule has 0 aliphatic carbocycles. The van der Waals surface area contributed by atoms with Crippen LogP contribution in [0.25, 0.3) is 0 Å². The van der Waals surface area contributed by atoms with E-state index < -0.39 is 34.1 Å². The summed E-state index contributed by atoms with van der Waals surface area (Å²) in [6, 6.07) is 16.9. The summed E-state index contributed by atoms with van der Waals surface area (Å²) in [6.07, 6.45) is 0.276. The maximum Gasteiger partial charge on any atom is 0.264 e.